The molecular weight excluding hydrogens is 626 g/mol. The largest absolute Gasteiger partial charge is 0.507 e. The lowest BCUT2D eigenvalue weighted by molar-refractivity contribution is -0.143. The molecular formula is C35H33NO12. The molecule has 5 aromatic rings. The average molecular weight is 660 g/mol. The molecule has 0 bridgehead atoms. The first kappa shape index (κ1) is 32.5. The van der Waals surface area contributed by atoms with Crippen molar-refractivity contribution in [2.24, 2.45) is 0 Å². The van der Waals surface area contributed by atoms with Crippen LogP contribution in [0.3, 0.4) is 0 Å². The molecule has 0 radical (unpaired) electrons. The minimum Gasteiger partial charge on any atom is -0.507 e. The van der Waals surface area contributed by atoms with Gasteiger partial charge in [-0.05, 0) is 31.2 Å². The maximum Gasteiger partial charge on any atom is 0.325 e. The molecule has 1 aliphatic carbocycles. The summed E-state index contributed by atoms with van der Waals surface area (Å²) in [7, 11) is 4.07. The molecule has 13 heteroatoms. The van der Waals surface area contributed by atoms with Crippen LogP contribution >= 0.6 is 0 Å². The smallest absolute Gasteiger partial charge is 0.325 e. The molecule has 0 amide bonds. The number of benzene rings is 5. The number of ether oxygens (including phenoxy) is 5. The van der Waals surface area contributed by atoms with Gasteiger partial charge in [-0.1, -0.05) is 5.57 Å². The molecule has 6 rings (SSSR count). The number of hydrogen-bond donors (Lipinski definition) is 4. The molecule has 0 aliphatic heterocycles. The first-order valence-electron chi connectivity index (χ1n) is 15.1. The van der Waals surface area contributed by atoms with Crippen LogP contribution in [0.1, 0.15) is 25.0 Å². The van der Waals surface area contributed by atoms with Gasteiger partial charge in [0.15, 0.2) is 11.5 Å². The summed E-state index contributed by atoms with van der Waals surface area (Å²) in [5, 5.41) is 36.1. The van der Waals surface area contributed by atoms with E-state index >= 15 is 0 Å². The molecule has 4 N–H and O–H groups in total. The summed E-state index contributed by atoms with van der Waals surface area (Å²) in [6.07, 6.45) is 0.0258. The summed E-state index contributed by atoms with van der Waals surface area (Å²) < 4.78 is 27.5. The number of aromatic hydroxyl groups is 2. The molecule has 0 unspecified atom stereocenters. The maximum atomic E-state index is 14.4. The van der Waals surface area contributed by atoms with E-state index in [0.717, 1.165) is 0 Å². The van der Waals surface area contributed by atoms with Crippen molar-refractivity contribution in [1.29, 1.82) is 0 Å². The molecule has 1 aliphatic rings. The number of methoxy groups -OCH3 is 3. The average Bonchev–Trinajstić information content (AvgIpc) is 3.18. The first-order chi connectivity index (χ1) is 23.0. The Morgan fingerprint density at radius 1 is 0.792 bits per heavy atom. The van der Waals surface area contributed by atoms with E-state index < -0.39 is 34.9 Å². The number of fused-ring (bicyclic) bond motifs is 1. The molecule has 0 aromatic heterocycles. The SMILES string of the molecule is COc1c2c3c4c(c(NCC(=O)OCCOCCO)c(=O)c5c(O)cc(OC)c(c6c(OC)cc(O)c(c1=O)c63)c54)CC(C)=C2C(C)=O. The van der Waals surface area contributed by atoms with E-state index in [1.165, 1.54) is 40.4 Å². The minimum atomic E-state index is -0.701. The van der Waals surface area contributed by atoms with Gasteiger partial charge in [-0.3, -0.25) is 19.2 Å². The molecule has 0 saturated carbocycles. The monoisotopic (exact) mass is 659 g/mol. The fourth-order valence-electron chi connectivity index (χ4n) is 7.03. The van der Waals surface area contributed by atoms with Crippen LogP contribution in [-0.4, -0.2) is 81.4 Å². The predicted octanol–water partition coefficient (Wildman–Crippen LogP) is 3.22. The topological polar surface area (TPSA) is 187 Å². The summed E-state index contributed by atoms with van der Waals surface area (Å²) in [5.74, 6) is -1.74. The Balaban J connectivity index is 1.82. The number of ketones is 1. The summed E-state index contributed by atoms with van der Waals surface area (Å²) in [6, 6.07) is 2.57. The maximum absolute atomic E-state index is 14.4. The van der Waals surface area contributed by atoms with Crippen molar-refractivity contribution in [1.82, 2.24) is 0 Å². The number of hydrogen-bond acceptors (Lipinski definition) is 13. The Morgan fingerprint density at radius 2 is 1.40 bits per heavy atom. The minimum absolute atomic E-state index is 0.0258. The normalized spacial score (nSPS) is 12.8. The lowest BCUT2D eigenvalue weighted by atomic mass is 9.82. The molecule has 0 saturated heterocycles. The zero-order chi connectivity index (χ0) is 34.6. The Kier molecular flexibility index (Phi) is 8.35. The third-order valence-corrected chi connectivity index (χ3v) is 8.76. The second-order valence-corrected chi connectivity index (χ2v) is 11.4. The molecule has 5 aromatic carbocycles. The van der Waals surface area contributed by atoms with Crippen molar-refractivity contribution < 1.29 is 48.6 Å². The third-order valence-electron chi connectivity index (χ3n) is 8.76. The number of nitrogens with one attached hydrogen (secondary N) is 1. The number of esters is 1. The zero-order valence-electron chi connectivity index (χ0n) is 26.9. The van der Waals surface area contributed by atoms with Crippen LogP contribution in [0.5, 0.6) is 28.7 Å². The van der Waals surface area contributed by atoms with Crippen LogP contribution in [0.4, 0.5) is 5.69 Å². The predicted molar refractivity (Wildman–Crippen MR) is 179 cm³/mol. The number of carbonyl (C=O) groups is 2. The highest BCUT2D eigenvalue weighted by Crippen LogP contribution is 2.55. The number of Topliss-reactive ketones (excluding diaryl/α,β-unsaturated/α-hetero) is 1. The number of aliphatic hydroxyl groups excluding tert-OH is 1. The van der Waals surface area contributed by atoms with Crippen LogP contribution in [0.2, 0.25) is 0 Å². The summed E-state index contributed by atoms with van der Waals surface area (Å²) in [5.41, 5.74) is -0.0659. The summed E-state index contributed by atoms with van der Waals surface area (Å²) in [4.78, 5) is 54.7. The number of carbonyl (C=O) groups excluding carboxylic acids is 2. The van der Waals surface area contributed by atoms with Crippen LogP contribution in [-0.2, 0) is 25.5 Å². The fraction of sp³-hybridized carbons (Fsp3) is 0.314. The van der Waals surface area contributed by atoms with E-state index in [1.807, 2.05) is 0 Å². The molecule has 48 heavy (non-hydrogen) atoms. The number of anilines is 1. The van der Waals surface area contributed by atoms with Crippen LogP contribution in [0.25, 0.3) is 48.7 Å². The van der Waals surface area contributed by atoms with Crippen molar-refractivity contribution in [3.05, 3.63) is 49.3 Å². The van der Waals surface area contributed by atoms with Gasteiger partial charge < -0.3 is 44.3 Å². The fourth-order valence-corrected chi connectivity index (χ4v) is 7.03. The van der Waals surface area contributed by atoms with Crippen molar-refractivity contribution in [2.75, 3.05) is 59.6 Å². The lowest BCUT2D eigenvalue weighted by Crippen LogP contribution is -2.23. The highest BCUT2D eigenvalue weighted by Gasteiger charge is 2.35. The van der Waals surface area contributed by atoms with Crippen LogP contribution in [0.15, 0.2) is 27.3 Å². The Hall–Kier alpha value is -5.40. The number of aliphatic hydroxyl groups is 1. The lowest BCUT2D eigenvalue weighted by Gasteiger charge is -2.23. The van der Waals surface area contributed by atoms with Gasteiger partial charge in [-0.2, -0.15) is 0 Å². The summed E-state index contributed by atoms with van der Waals surface area (Å²) >= 11 is 0. The highest BCUT2D eigenvalue weighted by atomic mass is 16.6. The second kappa shape index (κ2) is 12.3. The molecule has 0 fully saturated rings. The van der Waals surface area contributed by atoms with Crippen molar-refractivity contribution in [2.45, 2.75) is 20.3 Å². The van der Waals surface area contributed by atoms with Crippen LogP contribution in [0, 0.1) is 0 Å². The first-order valence-corrected chi connectivity index (χ1v) is 15.1. The molecule has 13 nitrogen and oxygen atoms in total. The van der Waals surface area contributed by atoms with E-state index in [1.54, 1.807) is 6.92 Å². The number of phenols is 2. The molecule has 0 atom stereocenters. The van der Waals surface area contributed by atoms with Crippen molar-refractivity contribution in [3.63, 3.8) is 0 Å². The Morgan fingerprint density at radius 3 is 1.96 bits per heavy atom. The van der Waals surface area contributed by atoms with Gasteiger partial charge in [0.2, 0.25) is 10.9 Å². The van der Waals surface area contributed by atoms with E-state index in [0.29, 0.717) is 32.7 Å². The van der Waals surface area contributed by atoms with Crippen molar-refractivity contribution in [3.8, 4) is 28.7 Å². The summed E-state index contributed by atoms with van der Waals surface area (Å²) in [6.45, 7) is 2.52. The van der Waals surface area contributed by atoms with E-state index in [4.69, 9.17) is 28.8 Å². The van der Waals surface area contributed by atoms with Gasteiger partial charge in [0.05, 0.1) is 57.6 Å². The van der Waals surface area contributed by atoms with Gasteiger partial charge in [0.1, 0.15) is 36.1 Å². The third kappa shape index (κ3) is 4.68. The molecule has 0 heterocycles. The Labute approximate surface area is 272 Å². The van der Waals surface area contributed by atoms with Crippen molar-refractivity contribution >= 4 is 66.1 Å². The number of rotatable bonds is 12. The molecule has 250 valence electrons. The van der Waals surface area contributed by atoms with Gasteiger partial charge in [0, 0.05) is 50.2 Å². The number of allylic oxidation sites excluding steroid dienone is 2. The van der Waals surface area contributed by atoms with E-state index in [9.17, 15) is 29.4 Å². The van der Waals surface area contributed by atoms with Gasteiger partial charge in [0.25, 0.3) is 0 Å². The number of phenolic OH excluding ortho intramolecular Hbond substituents is 2. The molecule has 0 spiro atoms. The van der Waals surface area contributed by atoms with Gasteiger partial charge >= 0.3 is 5.97 Å². The highest BCUT2D eigenvalue weighted by molar-refractivity contribution is 6.41. The quantitative estimate of drug-likeness (QED) is 0.0663. The van der Waals surface area contributed by atoms with E-state index in [-0.39, 0.29) is 94.2 Å². The van der Waals surface area contributed by atoms with Gasteiger partial charge in [-0.15, -0.1) is 0 Å². The van der Waals surface area contributed by atoms with Gasteiger partial charge in [-0.25, -0.2) is 0 Å². The van der Waals surface area contributed by atoms with E-state index in [2.05, 4.69) is 5.32 Å². The standard InChI is InChI=1S/C35H33NO12/c1-14-10-16-23-28-24(33(42)32(16)36-13-21(41)48-9-8-47-7-6-37)17(39)11-19(44-3)26(28)27-20(45-4)12-18(40)25-30(27)29(23)31(22(14)15(2)38)35(46-5)34(25)43/h11-12,36-37,39-40H,6-10,13H2,1-5H3. The second-order valence-electron chi connectivity index (χ2n) is 11.4. The van der Waals surface area contributed by atoms with Crippen LogP contribution < -0.4 is 30.4 Å². The zero-order valence-corrected chi connectivity index (χ0v) is 26.9. The Bertz CT molecular complexity index is 2310.